The van der Waals surface area contributed by atoms with Gasteiger partial charge in [-0.15, -0.1) is 13.2 Å². The summed E-state index contributed by atoms with van der Waals surface area (Å²) in [5, 5.41) is -0.164. The molecule has 0 saturated carbocycles. The number of carbonyl (C=O) groups excluding carboxylic acids is 1. The van der Waals surface area contributed by atoms with Crippen LogP contribution in [0.2, 0.25) is 5.02 Å². The minimum atomic E-state index is -4.83. The van der Waals surface area contributed by atoms with Gasteiger partial charge in [0.25, 0.3) is 0 Å². The van der Waals surface area contributed by atoms with Crippen LogP contribution in [0.4, 0.5) is 13.2 Å². The molecule has 0 atom stereocenters. The van der Waals surface area contributed by atoms with Crippen molar-refractivity contribution in [3.05, 3.63) is 26.3 Å². The fraction of sp³-hybridized carbons (Fsp3) is 0.222. The van der Waals surface area contributed by atoms with Crippen molar-refractivity contribution < 1.29 is 22.7 Å². The largest absolute Gasteiger partial charge is 0.573 e. The molecule has 88 valence electrons. The summed E-state index contributed by atoms with van der Waals surface area (Å²) in [5.41, 5.74) is 0.119. The standard InChI is InChI=1S/C9H5ClF3IO2/c1-4(15)5-2-6(14)8(10)7(3-5)16-9(11,12)13/h2-3H,1H3. The van der Waals surface area contributed by atoms with E-state index in [9.17, 15) is 18.0 Å². The third kappa shape index (κ3) is 3.51. The number of Topliss-reactive ketones (excluding diaryl/α,β-unsaturated/α-hetero) is 1. The first-order valence-corrected chi connectivity index (χ1v) is 5.42. The van der Waals surface area contributed by atoms with Crippen LogP contribution in [0.1, 0.15) is 17.3 Å². The SMILES string of the molecule is CC(=O)c1cc(I)c(Cl)c(OC(F)(F)F)c1. The molecule has 0 bridgehead atoms. The Morgan fingerprint density at radius 1 is 1.44 bits per heavy atom. The van der Waals surface area contributed by atoms with E-state index in [0.717, 1.165) is 6.07 Å². The lowest BCUT2D eigenvalue weighted by molar-refractivity contribution is -0.274. The van der Waals surface area contributed by atoms with Crippen LogP contribution in [0.3, 0.4) is 0 Å². The monoisotopic (exact) mass is 364 g/mol. The molecule has 0 spiro atoms. The van der Waals surface area contributed by atoms with Crippen LogP contribution >= 0.6 is 34.2 Å². The van der Waals surface area contributed by atoms with E-state index in [1.807, 2.05) is 0 Å². The summed E-state index contributed by atoms with van der Waals surface area (Å²) in [6.07, 6.45) is -4.83. The van der Waals surface area contributed by atoms with Gasteiger partial charge >= 0.3 is 6.36 Å². The van der Waals surface area contributed by atoms with Crippen LogP contribution in [0.5, 0.6) is 5.75 Å². The number of ketones is 1. The first-order chi connectivity index (χ1) is 7.20. The molecular weight excluding hydrogens is 359 g/mol. The lowest BCUT2D eigenvalue weighted by Gasteiger charge is -2.12. The second-order valence-electron chi connectivity index (χ2n) is 2.87. The Bertz CT molecular complexity index is 431. The average Bonchev–Trinajstić information content (AvgIpc) is 2.10. The topological polar surface area (TPSA) is 26.3 Å². The maximum absolute atomic E-state index is 12.0. The minimum Gasteiger partial charge on any atom is -0.404 e. The van der Waals surface area contributed by atoms with Gasteiger partial charge in [0.2, 0.25) is 0 Å². The highest BCUT2D eigenvalue weighted by Gasteiger charge is 2.32. The van der Waals surface area contributed by atoms with Crippen molar-refractivity contribution in [2.75, 3.05) is 0 Å². The van der Waals surface area contributed by atoms with Crippen LogP contribution in [0, 0.1) is 3.57 Å². The zero-order valence-corrected chi connectivity index (χ0v) is 10.8. The van der Waals surface area contributed by atoms with Gasteiger partial charge < -0.3 is 4.74 Å². The Morgan fingerprint density at radius 2 is 2.00 bits per heavy atom. The Kier molecular flexibility index (Phi) is 4.06. The van der Waals surface area contributed by atoms with Gasteiger partial charge in [0.05, 0.1) is 5.02 Å². The number of benzene rings is 1. The third-order valence-corrected chi connectivity index (χ3v) is 3.19. The lowest BCUT2D eigenvalue weighted by atomic mass is 10.1. The quantitative estimate of drug-likeness (QED) is 0.585. The number of ether oxygens (including phenoxy) is 1. The van der Waals surface area contributed by atoms with Crippen LogP contribution in [-0.4, -0.2) is 12.1 Å². The Labute approximate surface area is 108 Å². The van der Waals surface area contributed by atoms with Crippen molar-refractivity contribution in [2.24, 2.45) is 0 Å². The molecule has 1 aromatic carbocycles. The van der Waals surface area contributed by atoms with Crippen molar-refractivity contribution >= 4 is 40.0 Å². The summed E-state index contributed by atoms with van der Waals surface area (Å²) in [6, 6.07) is 2.37. The van der Waals surface area contributed by atoms with E-state index in [-0.39, 0.29) is 16.4 Å². The molecule has 16 heavy (non-hydrogen) atoms. The van der Waals surface area contributed by atoms with Gasteiger partial charge in [-0.2, -0.15) is 0 Å². The molecule has 0 fully saturated rings. The van der Waals surface area contributed by atoms with E-state index in [0.29, 0.717) is 3.57 Å². The van der Waals surface area contributed by atoms with E-state index >= 15 is 0 Å². The van der Waals surface area contributed by atoms with Gasteiger partial charge in [0.15, 0.2) is 5.78 Å². The summed E-state index contributed by atoms with van der Waals surface area (Å²) in [6.45, 7) is 1.25. The molecule has 7 heteroatoms. The van der Waals surface area contributed by atoms with Crippen molar-refractivity contribution in [1.29, 1.82) is 0 Å². The zero-order valence-electron chi connectivity index (χ0n) is 7.86. The van der Waals surface area contributed by atoms with Crippen molar-refractivity contribution in [1.82, 2.24) is 0 Å². The molecule has 0 amide bonds. The smallest absolute Gasteiger partial charge is 0.404 e. The molecular formula is C9H5ClF3IO2. The summed E-state index contributed by atoms with van der Waals surface area (Å²) in [7, 11) is 0. The number of alkyl halides is 3. The third-order valence-electron chi connectivity index (χ3n) is 1.63. The van der Waals surface area contributed by atoms with Gasteiger partial charge in [-0.25, -0.2) is 0 Å². The molecule has 0 aromatic heterocycles. The first-order valence-electron chi connectivity index (χ1n) is 3.96. The lowest BCUT2D eigenvalue weighted by Crippen LogP contribution is -2.18. The van der Waals surface area contributed by atoms with E-state index in [4.69, 9.17) is 11.6 Å². The van der Waals surface area contributed by atoms with Gasteiger partial charge in [-0.1, -0.05) is 11.6 Å². The molecule has 0 heterocycles. The van der Waals surface area contributed by atoms with Gasteiger partial charge in [-0.3, -0.25) is 4.79 Å². The number of hydrogen-bond donors (Lipinski definition) is 0. The molecule has 0 aliphatic rings. The van der Waals surface area contributed by atoms with Crippen LogP contribution < -0.4 is 4.74 Å². The fourth-order valence-electron chi connectivity index (χ4n) is 0.966. The van der Waals surface area contributed by atoms with E-state index < -0.39 is 12.1 Å². The van der Waals surface area contributed by atoms with Crippen molar-refractivity contribution in [2.45, 2.75) is 13.3 Å². The molecule has 1 aromatic rings. The van der Waals surface area contributed by atoms with E-state index in [1.165, 1.54) is 13.0 Å². The number of hydrogen-bond acceptors (Lipinski definition) is 2. The van der Waals surface area contributed by atoms with Gasteiger partial charge in [0.1, 0.15) is 5.75 Å². The van der Waals surface area contributed by atoms with Crippen molar-refractivity contribution in [3.8, 4) is 5.75 Å². The Morgan fingerprint density at radius 3 is 2.44 bits per heavy atom. The van der Waals surface area contributed by atoms with E-state index in [2.05, 4.69) is 4.74 Å². The Hall–Kier alpha value is -0.500. The summed E-state index contributed by atoms with van der Waals surface area (Å²) < 4.78 is 40.1. The normalized spacial score (nSPS) is 11.4. The molecule has 0 N–H and O–H groups in total. The van der Waals surface area contributed by atoms with E-state index in [1.54, 1.807) is 22.6 Å². The molecule has 0 aliphatic carbocycles. The average molecular weight is 364 g/mol. The molecule has 2 nitrogen and oxygen atoms in total. The van der Waals surface area contributed by atoms with Gasteiger partial charge in [-0.05, 0) is 41.6 Å². The number of halogens is 5. The summed E-state index contributed by atoms with van der Waals surface area (Å²) >= 11 is 7.36. The highest BCUT2D eigenvalue weighted by molar-refractivity contribution is 14.1. The summed E-state index contributed by atoms with van der Waals surface area (Å²) in [5.74, 6) is -0.923. The molecule has 0 radical (unpaired) electrons. The number of rotatable bonds is 2. The molecule has 0 unspecified atom stereocenters. The highest BCUT2D eigenvalue weighted by Crippen LogP contribution is 2.34. The second kappa shape index (κ2) is 4.79. The predicted octanol–water partition coefficient (Wildman–Crippen LogP) is 4.05. The van der Waals surface area contributed by atoms with Gasteiger partial charge in [0, 0.05) is 9.13 Å². The zero-order chi connectivity index (χ0) is 12.5. The molecule has 1 rings (SSSR count). The maximum Gasteiger partial charge on any atom is 0.573 e. The van der Waals surface area contributed by atoms with Crippen LogP contribution in [-0.2, 0) is 0 Å². The fourth-order valence-corrected chi connectivity index (χ4v) is 1.72. The van der Waals surface area contributed by atoms with Crippen molar-refractivity contribution in [3.63, 3.8) is 0 Å². The number of carbonyl (C=O) groups is 1. The second-order valence-corrected chi connectivity index (χ2v) is 4.41. The Balaban J connectivity index is 3.22. The minimum absolute atomic E-state index is 0.119. The van der Waals surface area contributed by atoms with Crippen LogP contribution in [0.25, 0.3) is 0 Å². The molecule has 0 saturated heterocycles. The first kappa shape index (κ1) is 13.6. The predicted molar refractivity (Wildman–Crippen MR) is 60.9 cm³/mol. The summed E-state index contributed by atoms with van der Waals surface area (Å²) in [4.78, 5) is 11.0. The van der Waals surface area contributed by atoms with Crippen LogP contribution in [0.15, 0.2) is 12.1 Å². The highest BCUT2D eigenvalue weighted by atomic mass is 127. The maximum atomic E-state index is 12.0. The molecule has 0 aliphatic heterocycles.